The third kappa shape index (κ3) is 5.18. The number of hydrogen-bond donors (Lipinski definition) is 2. The second-order valence-corrected chi connectivity index (χ2v) is 8.36. The standard InChI is InChI=1S/C26H25ClN2O4/c1-32-23-11-9-21(10-12-23)28-24(30)18-5-7-22(8-6-18)29-25(31)26(13-15-33-16-14-26)19-3-2-4-20(27)17-19/h2-12,17H,13-16H2,1H3,(H,28,30)(H,29,31). The largest absolute Gasteiger partial charge is 0.497 e. The van der Waals surface area contributed by atoms with Crippen LogP contribution in [-0.2, 0) is 14.9 Å². The van der Waals surface area contributed by atoms with Crippen molar-refractivity contribution in [1.82, 2.24) is 0 Å². The van der Waals surface area contributed by atoms with E-state index in [1.54, 1.807) is 61.7 Å². The molecule has 3 aromatic rings. The summed E-state index contributed by atoms with van der Waals surface area (Å²) >= 11 is 6.20. The zero-order valence-corrected chi connectivity index (χ0v) is 19.0. The summed E-state index contributed by atoms with van der Waals surface area (Å²) < 4.78 is 10.6. The molecule has 0 aromatic heterocycles. The summed E-state index contributed by atoms with van der Waals surface area (Å²) in [7, 11) is 1.59. The molecule has 1 heterocycles. The van der Waals surface area contributed by atoms with Crippen molar-refractivity contribution in [3.05, 3.63) is 88.9 Å². The number of carbonyl (C=O) groups excluding carboxylic acids is 2. The first-order valence-corrected chi connectivity index (χ1v) is 11.1. The molecule has 33 heavy (non-hydrogen) atoms. The first-order valence-electron chi connectivity index (χ1n) is 10.7. The lowest BCUT2D eigenvalue weighted by Gasteiger charge is -2.36. The van der Waals surface area contributed by atoms with Gasteiger partial charge in [-0.15, -0.1) is 0 Å². The highest BCUT2D eigenvalue weighted by atomic mass is 35.5. The zero-order valence-electron chi connectivity index (χ0n) is 18.3. The van der Waals surface area contributed by atoms with Crippen LogP contribution in [0.5, 0.6) is 5.75 Å². The van der Waals surface area contributed by atoms with E-state index in [0.29, 0.717) is 53.8 Å². The summed E-state index contributed by atoms with van der Waals surface area (Å²) in [5.74, 6) is 0.370. The van der Waals surface area contributed by atoms with Gasteiger partial charge in [-0.3, -0.25) is 9.59 Å². The quantitative estimate of drug-likeness (QED) is 0.519. The van der Waals surface area contributed by atoms with Crippen LogP contribution in [-0.4, -0.2) is 32.1 Å². The van der Waals surface area contributed by atoms with Gasteiger partial charge in [-0.1, -0.05) is 23.7 Å². The number of ether oxygens (including phenoxy) is 2. The Hall–Kier alpha value is -3.35. The summed E-state index contributed by atoms with van der Waals surface area (Å²) in [4.78, 5) is 26.0. The van der Waals surface area contributed by atoms with Crippen molar-refractivity contribution in [2.24, 2.45) is 0 Å². The average molecular weight is 465 g/mol. The van der Waals surface area contributed by atoms with Gasteiger partial charge < -0.3 is 20.1 Å². The van der Waals surface area contributed by atoms with Crippen molar-refractivity contribution in [2.45, 2.75) is 18.3 Å². The fourth-order valence-corrected chi connectivity index (χ4v) is 4.18. The van der Waals surface area contributed by atoms with Gasteiger partial charge in [0.05, 0.1) is 12.5 Å². The predicted octanol–water partition coefficient (Wildman–Crippen LogP) is 5.29. The maximum Gasteiger partial charge on any atom is 0.255 e. The second kappa shape index (κ2) is 10.1. The van der Waals surface area contributed by atoms with E-state index in [4.69, 9.17) is 21.1 Å². The summed E-state index contributed by atoms with van der Waals surface area (Å²) in [5.41, 5.74) is 1.94. The normalized spacial score (nSPS) is 14.8. The third-order valence-corrected chi connectivity index (χ3v) is 6.15. The number of anilines is 2. The molecule has 2 amide bonds. The van der Waals surface area contributed by atoms with E-state index in [1.165, 1.54) is 0 Å². The molecule has 1 aliphatic heterocycles. The van der Waals surface area contributed by atoms with Gasteiger partial charge in [-0.2, -0.15) is 0 Å². The van der Waals surface area contributed by atoms with Gasteiger partial charge in [0, 0.05) is 35.2 Å². The highest BCUT2D eigenvalue weighted by molar-refractivity contribution is 6.30. The first kappa shape index (κ1) is 22.8. The van der Waals surface area contributed by atoms with Crippen molar-refractivity contribution < 1.29 is 19.1 Å². The molecule has 170 valence electrons. The third-order valence-electron chi connectivity index (χ3n) is 5.91. The van der Waals surface area contributed by atoms with Gasteiger partial charge >= 0.3 is 0 Å². The van der Waals surface area contributed by atoms with Crippen LogP contribution in [0.4, 0.5) is 11.4 Å². The number of amides is 2. The minimum absolute atomic E-state index is 0.108. The maximum atomic E-state index is 13.4. The molecule has 1 aliphatic rings. The Kier molecular flexibility index (Phi) is 6.96. The molecule has 0 aliphatic carbocycles. The predicted molar refractivity (Wildman–Crippen MR) is 129 cm³/mol. The van der Waals surface area contributed by atoms with Crippen molar-refractivity contribution >= 4 is 34.8 Å². The molecule has 6 nitrogen and oxygen atoms in total. The highest BCUT2D eigenvalue weighted by Crippen LogP contribution is 2.37. The molecule has 0 atom stereocenters. The fourth-order valence-electron chi connectivity index (χ4n) is 3.99. The van der Waals surface area contributed by atoms with Crippen LogP contribution >= 0.6 is 11.6 Å². The molecule has 1 fully saturated rings. The van der Waals surface area contributed by atoms with Crippen molar-refractivity contribution in [3.8, 4) is 5.75 Å². The van der Waals surface area contributed by atoms with Gasteiger partial charge in [-0.25, -0.2) is 0 Å². The minimum Gasteiger partial charge on any atom is -0.497 e. The maximum absolute atomic E-state index is 13.4. The lowest BCUT2D eigenvalue weighted by molar-refractivity contribution is -0.125. The summed E-state index contributed by atoms with van der Waals surface area (Å²) in [6.07, 6.45) is 1.14. The van der Waals surface area contributed by atoms with Gasteiger partial charge in [0.2, 0.25) is 5.91 Å². The molecule has 0 unspecified atom stereocenters. The Bertz CT molecular complexity index is 1120. The zero-order chi connectivity index (χ0) is 23.3. The Morgan fingerprint density at radius 2 is 1.55 bits per heavy atom. The molecule has 3 aromatic carbocycles. The average Bonchev–Trinajstić information content (AvgIpc) is 2.85. The fraction of sp³-hybridized carbons (Fsp3) is 0.231. The molecule has 0 spiro atoms. The Morgan fingerprint density at radius 3 is 2.18 bits per heavy atom. The van der Waals surface area contributed by atoms with Crippen LogP contribution < -0.4 is 15.4 Å². The second-order valence-electron chi connectivity index (χ2n) is 7.92. The number of nitrogens with one attached hydrogen (secondary N) is 2. The van der Waals surface area contributed by atoms with Crippen LogP contribution in [0.25, 0.3) is 0 Å². The number of hydrogen-bond acceptors (Lipinski definition) is 4. The van der Waals surface area contributed by atoms with E-state index in [9.17, 15) is 9.59 Å². The van der Waals surface area contributed by atoms with Crippen molar-refractivity contribution in [2.75, 3.05) is 31.0 Å². The van der Waals surface area contributed by atoms with Crippen LogP contribution in [0.15, 0.2) is 72.8 Å². The monoisotopic (exact) mass is 464 g/mol. The van der Waals surface area contributed by atoms with Crippen molar-refractivity contribution in [3.63, 3.8) is 0 Å². The number of methoxy groups -OCH3 is 1. The highest BCUT2D eigenvalue weighted by Gasteiger charge is 2.41. The van der Waals surface area contributed by atoms with Crippen molar-refractivity contribution in [1.29, 1.82) is 0 Å². The van der Waals surface area contributed by atoms with Crippen LogP contribution in [0.2, 0.25) is 5.02 Å². The number of halogens is 1. The molecule has 1 saturated heterocycles. The molecule has 4 rings (SSSR count). The van der Waals surface area contributed by atoms with Crippen LogP contribution in [0.3, 0.4) is 0 Å². The molecule has 0 radical (unpaired) electrons. The molecule has 7 heteroatoms. The van der Waals surface area contributed by atoms with Crippen LogP contribution in [0, 0.1) is 0 Å². The SMILES string of the molecule is COc1ccc(NC(=O)c2ccc(NC(=O)C3(c4cccc(Cl)c4)CCOCC3)cc2)cc1. The van der Waals surface area contributed by atoms with E-state index in [0.717, 1.165) is 5.56 Å². The number of benzene rings is 3. The topological polar surface area (TPSA) is 76.7 Å². The first-order chi connectivity index (χ1) is 16.0. The lowest BCUT2D eigenvalue weighted by atomic mass is 9.73. The van der Waals surface area contributed by atoms with E-state index >= 15 is 0 Å². The minimum atomic E-state index is -0.715. The lowest BCUT2D eigenvalue weighted by Crippen LogP contribution is -2.44. The Labute approximate surface area is 197 Å². The summed E-state index contributed by atoms with van der Waals surface area (Å²) in [6.45, 7) is 1.01. The molecular weight excluding hydrogens is 440 g/mol. The molecule has 0 bridgehead atoms. The Balaban J connectivity index is 1.47. The van der Waals surface area contributed by atoms with E-state index in [-0.39, 0.29) is 11.8 Å². The number of rotatable bonds is 6. The summed E-state index contributed by atoms with van der Waals surface area (Å²) in [6, 6.07) is 21.4. The van der Waals surface area contributed by atoms with Gasteiger partial charge in [0.1, 0.15) is 5.75 Å². The van der Waals surface area contributed by atoms with E-state index in [1.807, 2.05) is 18.2 Å². The molecular formula is C26H25ClN2O4. The molecule has 2 N–H and O–H groups in total. The Morgan fingerprint density at radius 1 is 0.909 bits per heavy atom. The van der Waals surface area contributed by atoms with Gasteiger partial charge in [-0.05, 0) is 79.1 Å². The smallest absolute Gasteiger partial charge is 0.255 e. The molecule has 0 saturated carbocycles. The van der Waals surface area contributed by atoms with Crippen LogP contribution in [0.1, 0.15) is 28.8 Å². The van der Waals surface area contributed by atoms with Gasteiger partial charge in [0.15, 0.2) is 0 Å². The van der Waals surface area contributed by atoms with E-state index in [2.05, 4.69) is 10.6 Å². The van der Waals surface area contributed by atoms with Gasteiger partial charge in [0.25, 0.3) is 5.91 Å². The van der Waals surface area contributed by atoms with E-state index < -0.39 is 5.41 Å². The number of carbonyl (C=O) groups is 2. The summed E-state index contributed by atoms with van der Waals surface area (Å²) in [5, 5.41) is 6.46.